The van der Waals surface area contributed by atoms with E-state index in [9.17, 15) is 9.59 Å². The van der Waals surface area contributed by atoms with Crippen LogP contribution in [0.1, 0.15) is 13.3 Å². The molecule has 0 fully saturated rings. The number of hydrogen-bond donors (Lipinski definition) is 2. The highest BCUT2D eigenvalue weighted by atomic mass is 79.9. The molecule has 0 bridgehead atoms. The van der Waals surface area contributed by atoms with E-state index in [1.54, 1.807) is 11.9 Å². The Bertz CT molecular complexity index is 479. The number of hydrogen-bond acceptors (Lipinski definition) is 4. The maximum absolute atomic E-state index is 11.6. The summed E-state index contributed by atoms with van der Waals surface area (Å²) < 4.78 is 6.57. The van der Waals surface area contributed by atoms with Crippen LogP contribution in [0.3, 0.4) is 0 Å². The molecule has 1 aromatic carbocycles. The fourth-order valence-electron chi connectivity index (χ4n) is 1.62. The van der Waals surface area contributed by atoms with Crippen LogP contribution in [0.4, 0.5) is 4.79 Å². The number of nitrogens with zero attached hydrogens (tertiary/aromatic N) is 1. The Morgan fingerprint density at radius 3 is 2.59 bits per heavy atom. The number of carbonyl (C=O) groups is 2. The van der Waals surface area contributed by atoms with Gasteiger partial charge < -0.3 is 10.1 Å². The number of benzene rings is 1. The minimum Gasteiger partial charge on any atom is -0.492 e. The van der Waals surface area contributed by atoms with Gasteiger partial charge in [0, 0.05) is 17.6 Å². The number of ether oxygens (including phenoxy) is 1. The van der Waals surface area contributed by atoms with Crippen LogP contribution >= 0.6 is 15.9 Å². The van der Waals surface area contributed by atoms with E-state index in [0.717, 1.165) is 16.6 Å². The van der Waals surface area contributed by atoms with Crippen molar-refractivity contribution < 1.29 is 14.3 Å². The second kappa shape index (κ2) is 10.2. The third kappa shape index (κ3) is 7.99. The van der Waals surface area contributed by atoms with Crippen molar-refractivity contribution in [2.24, 2.45) is 0 Å². The first-order valence-electron chi connectivity index (χ1n) is 7.16. The van der Waals surface area contributed by atoms with Crippen molar-refractivity contribution in [3.8, 4) is 5.75 Å². The second-order valence-corrected chi connectivity index (χ2v) is 5.76. The van der Waals surface area contributed by atoms with Gasteiger partial charge in [0.1, 0.15) is 12.4 Å². The Balaban J connectivity index is 2.19. The zero-order valence-corrected chi connectivity index (χ0v) is 14.5. The van der Waals surface area contributed by atoms with Crippen molar-refractivity contribution in [3.63, 3.8) is 0 Å². The van der Waals surface area contributed by atoms with Crippen LogP contribution in [0, 0.1) is 0 Å². The molecule has 0 atom stereocenters. The number of rotatable bonds is 8. The minimum absolute atomic E-state index is 0.142. The Labute approximate surface area is 139 Å². The van der Waals surface area contributed by atoms with Crippen molar-refractivity contribution in [2.75, 3.05) is 33.3 Å². The smallest absolute Gasteiger partial charge is 0.321 e. The lowest BCUT2D eigenvalue weighted by Crippen LogP contribution is -2.44. The van der Waals surface area contributed by atoms with E-state index >= 15 is 0 Å². The molecule has 1 aromatic rings. The van der Waals surface area contributed by atoms with Crippen LogP contribution in [0.5, 0.6) is 5.75 Å². The maximum Gasteiger partial charge on any atom is 0.321 e. The molecule has 3 amide bonds. The summed E-state index contributed by atoms with van der Waals surface area (Å²) in [5, 5.41) is 4.87. The van der Waals surface area contributed by atoms with E-state index in [4.69, 9.17) is 4.74 Å². The van der Waals surface area contributed by atoms with Crippen LogP contribution in [-0.4, -0.2) is 50.1 Å². The first-order chi connectivity index (χ1) is 10.5. The highest BCUT2D eigenvalue weighted by Crippen LogP contribution is 2.15. The third-order valence-corrected chi connectivity index (χ3v) is 3.29. The molecule has 0 saturated heterocycles. The molecule has 6 nitrogen and oxygen atoms in total. The molecule has 2 N–H and O–H groups in total. The Morgan fingerprint density at radius 2 is 1.95 bits per heavy atom. The lowest BCUT2D eigenvalue weighted by molar-refractivity contribution is -0.120. The molecule has 0 unspecified atom stereocenters. The van der Waals surface area contributed by atoms with Gasteiger partial charge in [0.25, 0.3) is 0 Å². The summed E-state index contributed by atoms with van der Waals surface area (Å²) in [6.07, 6.45) is 0.828. The van der Waals surface area contributed by atoms with Gasteiger partial charge in [0.2, 0.25) is 5.91 Å². The van der Waals surface area contributed by atoms with Crippen molar-refractivity contribution in [1.82, 2.24) is 15.5 Å². The Morgan fingerprint density at radius 1 is 1.27 bits per heavy atom. The van der Waals surface area contributed by atoms with Crippen LogP contribution in [0.25, 0.3) is 0 Å². The average Bonchev–Trinajstić information content (AvgIpc) is 2.47. The SMILES string of the molecule is CCCNC(=O)NC(=O)CN(C)CCOc1ccc(Br)cc1. The summed E-state index contributed by atoms with van der Waals surface area (Å²) in [6.45, 7) is 3.69. The van der Waals surface area contributed by atoms with Crippen molar-refractivity contribution in [1.29, 1.82) is 0 Å². The lowest BCUT2D eigenvalue weighted by atomic mass is 10.3. The van der Waals surface area contributed by atoms with E-state index < -0.39 is 6.03 Å². The predicted molar refractivity (Wildman–Crippen MR) is 89.0 cm³/mol. The van der Waals surface area contributed by atoms with Gasteiger partial charge in [-0.1, -0.05) is 22.9 Å². The normalized spacial score (nSPS) is 10.4. The zero-order valence-electron chi connectivity index (χ0n) is 12.9. The first-order valence-corrected chi connectivity index (χ1v) is 7.95. The molecule has 0 heterocycles. The molecule has 0 aromatic heterocycles. The number of imide groups is 1. The molecule has 22 heavy (non-hydrogen) atoms. The molecule has 122 valence electrons. The van der Waals surface area contributed by atoms with Crippen molar-refractivity contribution >= 4 is 27.9 Å². The molecule has 7 heteroatoms. The van der Waals surface area contributed by atoms with E-state index in [1.165, 1.54) is 0 Å². The highest BCUT2D eigenvalue weighted by molar-refractivity contribution is 9.10. The second-order valence-electron chi connectivity index (χ2n) is 4.84. The van der Waals surface area contributed by atoms with Gasteiger partial charge >= 0.3 is 6.03 Å². The maximum atomic E-state index is 11.6. The number of urea groups is 1. The van der Waals surface area contributed by atoms with Gasteiger partial charge in [0.05, 0.1) is 6.54 Å². The third-order valence-electron chi connectivity index (χ3n) is 2.76. The fourth-order valence-corrected chi connectivity index (χ4v) is 1.89. The molecule has 0 aliphatic rings. The Kier molecular flexibility index (Phi) is 8.54. The predicted octanol–water partition coefficient (Wildman–Crippen LogP) is 2.00. The molecule has 1 rings (SSSR count). The lowest BCUT2D eigenvalue weighted by Gasteiger charge is -2.16. The summed E-state index contributed by atoms with van der Waals surface area (Å²) >= 11 is 3.36. The van der Waals surface area contributed by atoms with E-state index in [0.29, 0.717) is 19.7 Å². The number of amides is 3. The monoisotopic (exact) mass is 371 g/mol. The minimum atomic E-state index is -0.452. The molecule has 0 saturated carbocycles. The summed E-state index contributed by atoms with van der Waals surface area (Å²) in [6, 6.07) is 7.10. The van der Waals surface area contributed by atoms with E-state index in [2.05, 4.69) is 26.6 Å². The standard InChI is InChI=1S/C15H22BrN3O3/c1-3-8-17-15(21)18-14(20)11-19(2)9-10-22-13-6-4-12(16)5-7-13/h4-7H,3,8-11H2,1-2H3,(H2,17,18,20,21). The van der Waals surface area contributed by atoms with Gasteiger partial charge in [-0.25, -0.2) is 4.79 Å². The molecular formula is C15H22BrN3O3. The van der Waals surface area contributed by atoms with Gasteiger partial charge in [-0.05, 0) is 37.7 Å². The van der Waals surface area contributed by atoms with Crippen LogP contribution in [0.2, 0.25) is 0 Å². The quantitative estimate of drug-likeness (QED) is 0.732. The summed E-state index contributed by atoms with van der Waals surface area (Å²) in [4.78, 5) is 24.8. The first kappa shape index (κ1) is 18.4. The molecular weight excluding hydrogens is 350 g/mol. The molecule has 0 aliphatic heterocycles. The van der Waals surface area contributed by atoms with E-state index in [1.807, 2.05) is 31.2 Å². The van der Waals surface area contributed by atoms with Crippen LogP contribution in [-0.2, 0) is 4.79 Å². The number of nitrogens with one attached hydrogen (secondary N) is 2. The number of carbonyl (C=O) groups excluding carboxylic acids is 2. The van der Waals surface area contributed by atoms with Crippen molar-refractivity contribution in [3.05, 3.63) is 28.7 Å². The Hall–Kier alpha value is -1.60. The van der Waals surface area contributed by atoms with Gasteiger partial charge in [0.15, 0.2) is 0 Å². The average molecular weight is 372 g/mol. The fraction of sp³-hybridized carbons (Fsp3) is 0.467. The van der Waals surface area contributed by atoms with Gasteiger partial charge in [-0.15, -0.1) is 0 Å². The number of likely N-dealkylation sites (N-methyl/N-ethyl adjacent to an activating group) is 1. The van der Waals surface area contributed by atoms with E-state index in [-0.39, 0.29) is 12.5 Å². The van der Waals surface area contributed by atoms with Crippen LogP contribution in [0.15, 0.2) is 28.7 Å². The largest absolute Gasteiger partial charge is 0.492 e. The topological polar surface area (TPSA) is 70.7 Å². The number of halogens is 1. The molecule has 0 spiro atoms. The van der Waals surface area contributed by atoms with Crippen molar-refractivity contribution in [2.45, 2.75) is 13.3 Å². The highest BCUT2D eigenvalue weighted by Gasteiger charge is 2.09. The summed E-state index contributed by atoms with van der Waals surface area (Å²) in [7, 11) is 1.80. The molecule has 0 aliphatic carbocycles. The van der Waals surface area contributed by atoms with Crippen LogP contribution < -0.4 is 15.4 Å². The summed E-state index contributed by atoms with van der Waals surface area (Å²) in [5.74, 6) is 0.444. The summed E-state index contributed by atoms with van der Waals surface area (Å²) in [5.41, 5.74) is 0. The molecule has 0 radical (unpaired) electrons. The van der Waals surface area contributed by atoms with Gasteiger partial charge in [-0.2, -0.15) is 0 Å². The zero-order chi connectivity index (χ0) is 16.4. The van der Waals surface area contributed by atoms with Gasteiger partial charge in [-0.3, -0.25) is 15.0 Å².